The third kappa shape index (κ3) is 2.44. The van der Waals surface area contributed by atoms with Crippen LogP contribution in [0, 0.1) is 11.8 Å². The molecule has 78 valence electrons. The highest BCUT2D eigenvalue weighted by atomic mass is 32.1. The SMILES string of the molecule is CC1CC(C)CC(Nc2ncns2)C1. The van der Waals surface area contributed by atoms with Crippen LogP contribution in [-0.2, 0) is 0 Å². The van der Waals surface area contributed by atoms with Crippen LogP contribution in [0.4, 0.5) is 5.13 Å². The highest BCUT2D eigenvalue weighted by Crippen LogP contribution is 2.30. The minimum absolute atomic E-state index is 0.599. The molecule has 2 unspecified atom stereocenters. The molecule has 1 heterocycles. The molecule has 0 aliphatic heterocycles. The number of hydrogen-bond donors (Lipinski definition) is 1. The van der Waals surface area contributed by atoms with Gasteiger partial charge in [0.05, 0.1) is 0 Å². The lowest BCUT2D eigenvalue weighted by molar-refractivity contribution is 0.281. The van der Waals surface area contributed by atoms with Crippen LogP contribution in [0.3, 0.4) is 0 Å². The Morgan fingerprint density at radius 2 is 2.00 bits per heavy atom. The maximum absolute atomic E-state index is 4.16. The van der Waals surface area contributed by atoms with E-state index in [0.29, 0.717) is 6.04 Å². The maximum atomic E-state index is 4.16. The third-order valence-corrected chi connectivity index (χ3v) is 3.46. The van der Waals surface area contributed by atoms with E-state index in [1.807, 2.05) is 0 Å². The van der Waals surface area contributed by atoms with Crippen LogP contribution in [-0.4, -0.2) is 15.4 Å². The lowest BCUT2D eigenvalue weighted by atomic mass is 9.80. The molecule has 3 nitrogen and oxygen atoms in total. The molecule has 1 aromatic rings. The number of hydrogen-bond acceptors (Lipinski definition) is 4. The van der Waals surface area contributed by atoms with Gasteiger partial charge in [-0.1, -0.05) is 13.8 Å². The van der Waals surface area contributed by atoms with Crippen LogP contribution in [0.1, 0.15) is 33.1 Å². The molecule has 1 fully saturated rings. The molecule has 1 N–H and O–H groups in total. The van der Waals surface area contributed by atoms with Gasteiger partial charge in [-0.05, 0) is 31.1 Å². The fourth-order valence-corrected chi connectivity index (χ4v) is 2.98. The fourth-order valence-electron chi connectivity index (χ4n) is 2.48. The van der Waals surface area contributed by atoms with E-state index < -0.39 is 0 Å². The van der Waals surface area contributed by atoms with Gasteiger partial charge >= 0.3 is 0 Å². The normalized spacial score (nSPS) is 32.9. The predicted octanol–water partition coefficient (Wildman–Crippen LogP) is 2.77. The van der Waals surface area contributed by atoms with Crippen LogP contribution >= 0.6 is 11.5 Å². The van der Waals surface area contributed by atoms with Gasteiger partial charge in [-0.3, -0.25) is 0 Å². The summed E-state index contributed by atoms with van der Waals surface area (Å²) in [6, 6.07) is 0.599. The predicted molar refractivity (Wildman–Crippen MR) is 59.5 cm³/mol. The molecule has 0 amide bonds. The molecule has 0 bridgehead atoms. The molecule has 2 rings (SSSR count). The fraction of sp³-hybridized carbons (Fsp3) is 0.800. The van der Waals surface area contributed by atoms with Crippen LogP contribution in [0.2, 0.25) is 0 Å². The molecular formula is C10H17N3S. The van der Waals surface area contributed by atoms with Gasteiger partial charge in [0.25, 0.3) is 0 Å². The molecule has 14 heavy (non-hydrogen) atoms. The van der Waals surface area contributed by atoms with Crippen molar-refractivity contribution in [1.82, 2.24) is 9.36 Å². The van der Waals surface area contributed by atoms with E-state index in [1.165, 1.54) is 30.8 Å². The number of aromatic nitrogens is 2. The van der Waals surface area contributed by atoms with Crippen molar-refractivity contribution >= 4 is 16.7 Å². The van der Waals surface area contributed by atoms with Crippen molar-refractivity contribution in [2.45, 2.75) is 39.2 Å². The van der Waals surface area contributed by atoms with E-state index in [-0.39, 0.29) is 0 Å². The van der Waals surface area contributed by atoms with E-state index in [1.54, 1.807) is 6.33 Å². The van der Waals surface area contributed by atoms with Crippen LogP contribution < -0.4 is 5.32 Å². The highest BCUT2D eigenvalue weighted by molar-refractivity contribution is 7.09. The maximum Gasteiger partial charge on any atom is 0.202 e. The third-order valence-electron chi connectivity index (χ3n) is 2.87. The first-order valence-electron chi connectivity index (χ1n) is 5.27. The molecule has 0 spiro atoms. The average Bonchev–Trinajstić information content (AvgIpc) is 2.54. The van der Waals surface area contributed by atoms with Crippen molar-refractivity contribution < 1.29 is 0 Å². The zero-order valence-corrected chi connectivity index (χ0v) is 9.55. The highest BCUT2D eigenvalue weighted by Gasteiger charge is 2.24. The summed E-state index contributed by atoms with van der Waals surface area (Å²) in [4.78, 5) is 4.16. The van der Waals surface area contributed by atoms with E-state index >= 15 is 0 Å². The Labute approximate surface area is 89.1 Å². The second kappa shape index (κ2) is 4.26. The number of nitrogens with one attached hydrogen (secondary N) is 1. The monoisotopic (exact) mass is 211 g/mol. The van der Waals surface area contributed by atoms with Crippen molar-refractivity contribution in [2.75, 3.05) is 5.32 Å². The summed E-state index contributed by atoms with van der Waals surface area (Å²) >= 11 is 1.45. The van der Waals surface area contributed by atoms with E-state index in [9.17, 15) is 0 Å². The van der Waals surface area contributed by atoms with Gasteiger partial charge in [0.2, 0.25) is 5.13 Å². The summed E-state index contributed by atoms with van der Waals surface area (Å²) in [5.41, 5.74) is 0. The largest absolute Gasteiger partial charge is 0.358 e. The van der Waals surface area contributed by atoms with Crippen molar-refractivity contribution in [2.24, 2.45) is 11.8 Å². The zero-order valence-electron chi connectivity index (χ0n) is 8.73. The summed E-state index contributed by atoms with van der Waals surface area (Å²) in [6.07, 6.45) is 5.52. The van der Waals surface area contributed by atoms with E-state index in [4.69, 9.17) is 0 Å². The molecule has 0 radical (unpaired) electrons. The van der Waals surface area contributed by atoms with Crippen LogP contribution in [0.15, 0.2) is 6.33 Å². The minimum Gasteiger partial charge on any atom is -0.358 e. The van der Waals surface area contributed by atoms with Gasteiger partial charge in [-0.15, -0.1) is 0 Å². The van der Waals surface area contributed by atoms with Gasteiger partial charge in [0, 0.05) is 17.6 Å². The molecule has 0 saturated heterocycles. The smallest absolute Gasteiger partial charge is 0.202 e. The van der Waals surface area contributed by atoms with Crippen LogP contribution in [0.5, 0.6) is 0 Å². The summed E-state index contributed by atoms with van der Waals surface area (Å²) in [7, 11) is 0. The lowest BCUT2D eigenvalue weighted by Crippen LogP contribution is -2.30. The molecule has 1 aromatic heterocycles. The first-order chi connectivity index (χ1) is 6.74. The molecule has 4 heteroatoms. The lowest BCUT2D eigenvalue weighted by Gasteiger charge is -2.31. The average molecular weight is 211 g/mol. The topological polar surface area (TPSA) is 37.8 Å². The van der Waals surface area contributed by atoms with Gasteiger partial charge in [-0.2, -0.15) is 4.37 Å². The molecule has 0 aromatic carbocycles. The Morgan fingerprint density at radius 3 is 2.57 bits per heavy atom. The van der Waals surface area contributed by atoms with Crippen LogP contribution in [0.25, 0.3) is 0 Å². The second-order valence-electron chi connectivity index (χ2n) is 4.51. The number of rotatable bonds is 2. The Kier molecular flexibility index (Phi) is 3.01. The first-order valence-corrected chi connectivity index (χ1v) is 6.04. The standard InChI is InChI=1S/C10H17N3S/c1-7-3-8(2)5-9(4-7)13-10-11-6-12-14-10/h6-9H,3-5H2,1-2H3,(H,11,12,13). The Morgan fingerprint density at radius 1 is 1.29 bits per heavy atom. The molecular weight excluding hydrogens is 194 g/mol. The van der Waals surface area contributed by atoms with E-state index in [2.05, 4.69) is 28.5 Å². The quantitative estimate of drug-likeness (QED) is 0.817. The molecule has 1 aliphatic carbocycles. The Hall–Kier alpha value is -0.640. The summed E-state index contributed by atoms with van der Waals surface area (Å²) in [6.45, 7) is 4.68. The molecule has 1 aliphatic rings. The Bertz CT molecular complexity index is 263. The van der Waals surface area contributed by atoms with Crippen molar-refractivity contribution in [3.63, 3.8) is 0 Å². The van der Waals surface area contributed by atoms with Gasteiger partial charge < -0.3 is 5.32 Å². The van der Waals surface area contributed by atoms with Crippen molar-refractivity contribution in [1.29, 1.82) is 0 Å². The molecule has 1 saturated carbocycles. The number of anilines is 1. The van der Waals surface area contributed by atoms with E-state index in [0.717, 1.165) is 17.0 Å². The summed E-state index contributed by atoms with van der Waals surface area (Å²) in [5, 5.41) is 4.44. The van der Waals surface area contributed by atoms with Crippen molar-refractivity contribution in [3.05, 3.63) is 6.33 Å². The zero-order chi connectivity index (χ0) is 9.97. The van der Waals surface area contributed by atoms with Gasteiger partial charge in [0.1, 0.15) is 6.33 Å². The summed E-state index contributed by atoms with van der Waals surface area (Å²) < 4.78 is 3.99. The Balaban J connectivity index is 1.91. The van der Waals surface area contributed by atoms with Gasteiger partial charge in [0.15, 0.2) is 0 Å². The number of nitrogens with zero attached hydrogens (tertiary/aromatic N) is 2. The summed E-state index contributed by atoms with van der Waals surface area (Å²) in [5.74, 6) is 1.67. The van der Waals surface area contributed by atoms with Crippen molar-refractivity contribution in [3.8, 4) is 0 Å². The first kappa shape index (κ1) is 9.90. The molecule has 2 atom stereocenters. The van der Waals surface area contributed by atoms with Gasteiger partial charge in [-0.25, -0.2) is 4.98 Å². The second-order valence-corrected chi connectivity index (χ2v) is 5.29. The minimum atomic E-state index is 0.599.